The number of nitrogens with two attached hydrogens (primary N) is 2. The van der Waals surface area contributed by atoms with E-state index in [9.17, 15) is 0 Å². The van der Waals surface area contributed by atoms with Gasteiger partial charge in [0.2, 0.25) is 0 Å². The molecule has 0 aliphatic carbocycles. The highest BCUT2D eigenvalue weighted by molar-refractivity contribution is 5.97. The van der Waals surface area contributed by atoms with Crippen molar-refractivity contribution in [2.75, 3.05) is 5.73 Å². The maximum Gasteiger partial charge on any atom is 0.165 e. The fraction of sp³-hybridized carbons (Fsp3) is 0.0909. The van der Waals surface area contributed by atoms with Gasteiger partial charge in [0.1, 0.15) is 11.8 Å². The van der Waals surface area contributed by atoms with Crippen LogP contribution in [0.25, 0.3) is 33.2 Å². The van der Waals surface area contributed by atoms with Gasteiger partial charge >= 0.3 is 0 Å². The van der Waals surface area contributed by atoms with Crippen molar-refractivity contribution in [3.05, 3.63) is 71.9 Å². The number of nitrogen functional groups attached to an aromatic ring is 1. The Bertz CT molecular complexity index is 1420. The van der Waals surface area contributed by atoms with Crippen LogP contribution in [0.15, 0.2) is 55.1 Å². The van der Waals surface area contributed by atoms with Crippen LogP contribution in [0.5, 0.6) is 0 Å². The zero-order valence-electron chi connectivity index (χ0n) is 16.0. The normalized spacial score (nSPS) is 11.2. The van der Waals surface area contributed by atoms with Gasteiger partial charge < -0.3 is 21.0 Å². The van der Waals surface area contributed by atoms with Gasteiger partial charge in [-0.1, -0.05) is 24.3 Å². The summed E-state index contributed by atoms with van der Waals surface area (Å²) < 4.78 is 1.95. The van der Waals surface area contributed by atoms with E-state index in [0.29, 0.717) is 35.6 Å². The molecule has 0 saturated heterocycles. The Labute approximate surface area is 171 Å². The number of nitrogens with zero attached hydrogens (tertiary/aromatic N) is 5. The lowest BCUT2D eigenvalue weighted by atomic mass is 9.98. The molecule has 5 N–H and O–H groups in total. The quantitative estimate of drug-likeness (QED) is 0.429. The molecule has 8 heteroatoms. The minimum Gasteiger partial charge on any atom is -0.382 e. The Kier molecular flexibility index (Phi) is 4.16. The largest absolute Gasteiger partial charge is 0.382 e. The summed E-state index contributed by atoms with van der Waals surface area (Å²) in [5.41, 5.74) is 18.9. The van der Waals surface area contributed by atoms with Crippen molar-refractivity contribution < 1.29 is 0 Å². The van der Waals surface area contributed by atoms with Crippen LogP contribution in [0.3, 0.4) is 0 Å². The smallest absolute Gasteiger partial charge is 0.165 e. The van der Waals surface area contributed by atoms with E-state index >= 15 is 0 Å². The third-order valence-corrected chi connectivity index (χ3v) is 5.25. The maximum absolute atomic E-state index is 9.06. The van der Waals surface area contributed by atoms with Crippen molar-refractivity contribution in [3.63, 3.8) is 0 Å². The zero-order chi connectivity index (χ0) is 20.7. The van der Waals surface area contributed by atoms with Crippen LogP contribution in [-0.2, 0) is 13.1 Å². The summed E-state index contributed by atoms with van der Waals surface area (Å²) in [7, 11) is 0. The lowest BCUT2D eigenvalue weighted by molar-refractivity contribution is 0.817. The van der Waals surface area contributed by atoms with Crippen LogP contribution in [0, 0.1) is 11.3 Å². The Hall–Kier alpha value is -4.22. The number of benzene rings is 2. The number of nitrogens with one attached hydrogen (secondary N) is 1. The summed E-state index contributed by atoms with van der Waals surface area (Å²) in [5, 5.41) is 10.1. The van der Waals surface area contributed by atoms with Crippen molar-refractivity contribution >= 4 is 27.9 Å². The van der Waals surface area contributed by atoms with Crippen LogP contribution in [0.1, 0.15) is 16.8 Å². The van der Waals surface area contributed by atoms with E-state index in [1.807, 2.05) is 28.8 Å². The highest BCUT2D eigenvalue weighted by Crippen LogP contribution is 2.32. The standard InChI is InChI=1S/C22H18N8/c23-8-13-1-3-14(4-2-13)17-6-5-15(19-18(17)7-16(9-24)29-19)10-30-12-28-20-21(25)26-11-27-22(20)30/h1-7,11-12,29H,9-10,24H2,(H2,25,26,27). The van der Waals surface area contributed by atoms with Gasteiger partial charge in [-0.15, -0.1) is 0 Å². The van der Waals surface area contributed by atoms with E-state index in [-0.39, 0.29) is 0 Å². The summed E-state index contributed by atoms with van der Waals surface area (Å²) in [6.07, 6.45) is 3.17. The molecule has 146 valence electrons. The van der Waals surface area contributed by atoms with Crippen LogP contribution in [0.2, 0.25) is 0 Å². The molecule has 5 aromatic rings. The molecule has 2 aromatic carbocycles. The summed E-state index contributed by atoms with van der Waals surface area (Å²) in [5.74, 6) is 0.366. The Morgan fingerprint density at radius 1 is 1.07 bits per heavy atom. The van der Waals surface area contributed by atoms with Gasteiger partial charge in [-0.05, 0) is 34.9 Å². The van der Waals surface area contributed by atoms with Crippen LogP contribution in [0.4, 0.5) is 5.82 Å². The average molecular weight is 394 g/mol. The molecule has 0 fully saturated rings. The first-order chi connectivity index (χ1) is 14.7. The van der Waals surface area contributed by atoms with Gasteiger partial charge in [0.05, 0.1) is 30.0 Å². The summed E-state index contributed by atoms with van der Waals surface area (Å²) >= 11 is 0. The number of hydrogen-bond donors (Lipinski definition) is 3. The Balaban J connectivity index is 1.63. The van der Waals surface area contributed by atoms with Crippen LogP contribution >= 0.6 is 0 Å². The van der Waals surface area contributed by atoms with Crippen molar-refractivity contribution in [1.29, 1.82) is 5.26 Å². The SMILES string of the molecule is N#Cc1ccc(-c2ccc(Cn3cnc4c(N)ncnc43)c3[nH]c(CN)cc23)cc1. The van der Waals surface area contributed by atoms with E-state index in [1.54, 1.807) is 6.33 Å². The number of anilines is 1. The van der Waals surface area contributed by atoms with Crippen LogP contribution < -0.4 is 11.5 Å². The molecule has 0 saturated carbocycles. The first-order valence-corrected chi connectivity index (χ1v) is 9.43. The third kappa shape index (κ3) is 2.85. The zero-order valence-corrected chi connectivity index (χ0v) is 16.0. The number of fused-ring (bicyclic) bond motifs is 2. The second-order valence-electron chi connectivity index (χ2n) is 7.05. The van der Waals surface area contributed by atoms with Gasteiger partial charge in [0.15, 0.2) is 11.5 Å². The van der Waals surface area contributed by atoms with E-state index in [4.69, 9.17) is 16.7 Å². The number of hydrogen-bond acceptors (Lipinski definition) is 6. The molecular weight excluding hydrogens is 376 g/mol. The summed E-state index contributed by atoms with van der Waals surface area (Å²) in [6.45, 7) is 0.986. The Morgan fingerprint density at radius 2 is 1.90 bits per heavy atom. The van der Waals surface area contributed by atoms with E-state index in [0.717, 1.165) is 33.3 Å². The first-order valence-electron chi connectivity index (χ1n) is 9.43. The predicted octanol–water partition coefficient (Wildman–Crippen LogP) is 2.94. The van der Waals surface area contributed by atoms with E-state index in [1.165, 1.54) is 6.33 Å². The number of H-pyrrole nitrogens is 1. The molecule has 0 amide bonds. The highest BCUT2D eigenvalue weighted by atomic mass is 15.1. The molecule has 0 radical (unpaired) electrons. The lowest BCUT2D eigenvalue weighted by Gasteiger charge is -2.10. The van der Waals surface area contributed by atoms with Gasteiger partial charge in [0.25, 0.3) is 0 Å². The fourth-order valence-electron chi connectivity index (χ4n) is 3.75. The van der Waals surface area contributed by atoms with Crippen molar-refractivity contribution in [1.82, 2.24) is 24.5 Å². The van der Waals surface area contributed by atoms with Crippen molar-refractivity contribution in [2.45, 2.75) is 13.1 Å². The molecule has 0 unspecified atom stereocenters. The Morgan fingerprint density at radius 3 is 2.67 bits per heavy atom. The lowest BCUT2D eigenvalue weighted by Crippen LogP contribution is -2.02. The molecule has 8 nitrogen and oxygen atoms in total. The van der Waals surface area contributed by atoms with Crippen molar-refractivity contribution in [2.24, 2.45) is 5.73 Å². The second kappa shape index (κ2) is 6.99. The van der Waals surface area contributed by atoms with E-state index in [2.05, 4.69) is 44.2 Å². The molecule has 5 rings (SSSR count). The molecule has 0 bridgehead atoms. The fourth-order valence-corrected chi connectivity index (χ4v) is 3.75. The number of nitriles is 1. The predicted molar refractivity (Wildman–Crippen MR) is 115 cm³/mol. The minimum atomic E-state index is 0.366. The monoisotopic (exact) mass is 394 g/mol. The average Bonchev–Trinajstić information content (AvgIpc) is 3.40. The third-order valence-electron chi connectivity index (χ3n) is 5.25. The molecule has 0 atom stereocenters. The molecule has 0 spiro atoms. The van der Waals surface area contributed by atoms with Gasteiger partial charge in [-0.2, -0.15) is 5.26 Å². The maximum atomic E-state index is 9.06. The number of rotatable bonds is 4. The number of imidazole rings is 1. The van der Waals surface area contributed by atoms with E-state index < -0.39 is 0 Å². The number of aromatic amines is 1. The van der Waals surface area contributed by atoms with Gasteiger partial charge in [-0.25, -0.2) is 15.0 Å². The van der Waals surface area contributed by atoms with Gasteiger partial charge in [-0.3, -0.25) is 0 Å². The van der Waals surface area contributed by atoms with Crippen LogP contribution in [-0.4, -0.2) is 24.5 Å². The topological polar surface area (TPSA) is 135 Å². The molecule has 3 heterocycles. The summed E-state index contributed by atoms with van der Waals surface area (Å²) in [4.78, 5) is 16.1. The molecule has 0 aliphatic heterocycles. The first kappa shape index (κ1) is 17.8. The molecule has 3 aromatic heterocycles. The number of aromatic nitrogens is 5. The molecular formula is C22H18N8. The summed E-state index contributed by atoms with van der Waals surface area (Å²) in [6, 6.07) is 16.0. The molecule has 0 aliphatic rings. The van der Waals surface area contributed by atoms with Crippen molar-refractivity contribution in [3.8, 4) is 17.2 Å². The molecule has 30 heavy (non-hydrogen) atoms. The second-order valence-corrected chi connectivity index (χ2v) is 7.05. The minimum absolute atomic E-state index is 0.366. The highest BCUT2D eigenvalue weighted by Gasteiger charge is 2.14. The van der Waals surface area contributed by atoms with Gasteiger partial charge in [0, 0.05) is 17.6 Å².